The van der Waals surface area contributed by atoms with Crippen LogP contribution in [0, 0.1) is 0 Å². The molecular weight excluding hydrogens is 278 g/mol. The zero-order chi connectivity index (χ0) is 14.2. The molecule has 1 aliphatic carbocycles. The lowest BCUT2D eigenvalue weighted by Crippen LogP contribution is -2.50. The molecule has 20 heavy (non-hydrogen) atoms. The molecule has 6 nitrogen and oxygen atoms in total. The SMILES string of the molecule is O=C(NN1C(=O)NC2(CCCCC2)C1=O)c1ccsc1. The number of carbonyl (C=O) groups is 3. The molecule has 0 radical (unpaired) electrons. The van der Waals surface area contributed by atoms with Gasteiger partial charge >= 0.3 is 6.03 Å². The summed E-state index contributed by atoms with van der Waals surface area (Å²) < 4.78 is 0. The van der Waals surface area contributed by atoms with Gasteiger partial charge in [-0.15, -0.1) is 0 Å². The lowest BCUT2D eigenvalue weighted by molar-refractivity contribution is -0.134. The van der Waals surface area contributed by atoms with Gasteiger partial charge in [0.05, 0.1) is 5.56 Å². The highest BCUT2D eigenvalue weighted by atomic mass is 32.1. The van der Waals surface area contributed by atoms with E-state index in [4.69, 9.17) is 0 Å². The zero-order valence-electron chi connectivity index (χ0n) is 10.8. The molecule has 0 atom stereocenters. The van der Waals surface area contributed by atoms with Crippen molar-refractivity contribution < 1.29 is 14.4 Å². The summed E-state index contributed by atoms with van der Waals surface area (Å²) in [5.74, 6) is -0.784. The van der Waals surface area contributed by atoms with Crippen molar-refractivity contribution in [3.05, 3.63) is 22.4 Å². The first-order valence-corrected chi connectivity index (χ1v) is 7.57. The predicted molar refractivity (Wildman–Crippen MR) is 73.0 cm³/mol. The number of hydrazine groups is 1. The third kappa shape index (κ3) is 2.07. The molecule has 2 aliphatic rings. The molecule has 2 fully saturated rings. The van der Waals surface area contributed by atoms with E-state index in [0.29, 0.717) is 18.4 Å². The van der Waals surface area contributed by atoms with E-state index in [1.165, 1.54) is 11.3 Å². The number of amides is 4. The second-order valence-electron chi connectivity index (χ2n) is 5.17. The maximum Gasteiger partial charge on any atom is 0.344 e. The van der Waals surface area contributed by atoms with Gasteiger partial charge in [-0.25, -0.2) is 4.79 Å². The minimum absolute atomic E-state index is 0.342. The minimum atomic E-state index is -0.808. The van der Waals surface area contributed by atoms with Crippen LogP contribution in [-0.2, 0) is 4.79 Å². The Labute approximate surface area is 120 Å². The van der Waals surface area contributed by atoms with Crippen LogP contribution in [0.2, 0.25) is 0 Å². The molecule has 0 aromatic carbocycles. The molecule has 2 N–H and O–H groups in total. The fourth-order valence-electron chi connectivity index (χ4n) is 2.78. The van der Waals surface area contributed by atoms with Crippen LogP contribution >= 0.6 is 11.3 Å². The Morgan fingerprint density at radius 1 is 1.30 bits per heavy atom. The van der Waals surface area contributed by atoms with Crippen molar-refractivity contribution in [3.63, 3.8) is 0 Å². The second kappa shape index (κ2) is 4.90. The molecule has 1 spiro atoms. The molecule has 1 aromatic heterocycles. The highest BCUT2D eigenvalue weighted by Crippen LogP contribution is 2.33. The molecule has 0 bridgehead atoms. The molecule has 4 amide bonds. The molecule has 0 unspecified atom stereocenters. The van der Waals surface area contributed by atoms with Crippen molar-refractivity contribution in [2.24, 2.45) is 0 Å². The second-order valence-corrected chi connectivity index (χ2v) is 5.95. The number of carbonyl (C=O) groups excluding carboxylic acids is 3. The van der Waals surface area contributed by atoms with Gasteiger partial charge in [0.2, 0.25) is 0 Å². The van der Waals surface area contributed by atoms with Crippen LogP contribution in [0.3, 0.4) is 0 Å². The lowest BCUT2D eigenvalue weighted by Gasteiger charge is -2.30. The van der Waals surface area contributed by atoms with Crippen LogP contribution in [0.1, 0.15) is 42.5 Å². The molecule has 1 aliphatic heterocycles. The van der Waals surface area contributed by atoms with Gasteiger partial charge in [-0.05, 0) is 24.3 Å². The van der Waals surface area contributed by atoms with E-state index in [1.54, 1.807) is 16.8 Å². The summed E-state index contributed by atoms with van der Waals surface area (Å²) in [6.07, 6.45) is 4.19. The Kier molecular flexibility index (Phi) is 3.21. The Hall–Kier alpha value is -1.89. The third-order valence-electron chi connectivity index (χ3n) is 3.87. The molecular formula is C13H15N3O3S. The predicted octanol–water partition coefficient (Wildman–Crippen LogP) is 1.65. The van der Waals surface area contributed by atoms with E-state index in [0.717, 1.165) is 24.3 Å². The third-order valence-corrected chi connectivity index (χ3v) is 4.55. The van der Waals surface area contributed by atoms with Crippen LogP contribution in [0.4, 0.5) is 4.79 Å². The zero-order valence-corrected chi connectivity index (χ0v) is 11.7. The molecule has 1 saturated heterocycles. The summed E-state index contributed by atoms with van der Waals surface area (Å²) >= 11 is 1.38. The van der Waals surface area contributed by atoms with Crippen molar-refractivity contribution >= 4 is 29.2 Å². The van der Waals surface area contributed by atoms with Crippen molar-refractivity contribution in [3.8, 4) is 0 Å². The van der Waals surface area contributed by atoms with Gasteiger partial charge in [0.25, 0.3) is 11.8 Å². The molecule has 1 aromatic rings. The molecule has 3 rings (SSSR count). The standard InChI is InChI=1S/C13H15N3O3S/c17-10(9-4-7-20-8-9)15-16-11(18)13(14-12(16)19)5-2-1-3-6-13/h4,7-8H,1-3,5-6H2,(H,14,19)(H,15,17). The monoisotopic (exact) mass is 293 g/mol. The molecule has 7 heteroatoms. The number of urea groups is 1. The smallest absolute Gasteiger partial charge is 0.322 e. The summed E-state index contributed by atoms with van der Waals surface area (Å²) in [5, 5.41) is 7.01. The van der Waals surface area contributed by atoms with Crippen LogP contribution in [0.15, 0.2) is 16.8 Å². The van der Waals surface area contributed by atoms with Crippen molar-refractivity contribution in [2.75, 3.05) is 0 Å². The van der Waals surface area contributed by atoms with Gasteiger partial charge in [0.1, 0.15) is 5.54 Å². The summed E-state index contributed by atoms with van der Waals surface area (Å²) in [6.45, 7) is 0. The van der Waals surface area contributed by atoms with Crippen molar-refractivity contribution in [1.82, 2.24) is 15.8 Å². The first kappa shape index (κ1) is 13.1. The van der Waals surface area contributed by atoms with E-state index < -0.39 is 17.5 Å². The van der Waals surface area contributed by atoms with E-state index in [1.807, 2.05) is 0 Å². The minimum Gasteiger partial charge on any atom is -0.322 e. The Balaban J connectivity index is 1.75. The average Bonchev–Trinajstić information content (AvgIpc) is 3.04. The van der Waals surface area contributed by atoms with Crippen LogP contribution in [-0.4, -0.2) is 28.4 Å². The summed E-state index contributed by atoms with van der Waals surface area (Å²) in [7, 11) is 0. The van der Waals surface area contributed by atoms with Gasteiger partial charge in [-0.1, -0.05) is 19.3 Å². The van der Waals surface area contributed by atoms with E-state index in [-0.39, 0.29) is 5.91 Å². The molecule has 1 saturated carbocycles. The van der Waals surface area contributed by atoms with Crippen molar-refractivity contribution in [2.45, 2.75) is 37.6 Å². The first-order chi connectivity index (χ1) is 9.62. The fourth-order valence-corrected chi connectivity index (χ4v) is 3.41. The van der Waals surface area contributed by atoms with E-state index in [2.05, 4.69) is 10.7 Å². The Bertz CT molecular complexity index is 549. The van der Waals surface area contributed by atoms with E-state index >= 15 is 0 Å². The van der Waals surface area contributed by atoms with Gasteiger partial charge in [0.15, 0.2) is 0 Å². The summed E-state index contributed by atoms with van der Waals surface area (Å²) in [5.41, 5.74) is 2.03. The van der Waals surface area contributed by atoms with Crippen LogP contribution < -0.4 is 10.7 Å². The average molecular weight is 293 g/mol. The van der Waals surface area contributed by atoms with E-state index in [9.17, 15) is 14.4 Å². The van der Waals surface area contributed by atoms with Gasteiger partial charge in [-0.2, -0.15) is 16.3 Å². The van der Waals surface area contributed by atoms with Crippen LogP contribution in [0.5, 0.6) is 0 Å². The number of imide groups is 1. The van der Waals surface area contributed by atoms with Crippen molar-refractivity contribution in [1.29, 1.82) is 0 Å². The number of thiophene rings is 1. The molecule has 106 valence electrons. The summed E-state index contributed by atoms with van der Waals surface area (Å²) in [6, 6.07) is 1.11. The highest BCUT2D eigenvalue weighted by molar-refractivity contribution is 7.08. The highest BCUT2D eigenvalue weighted by Gasteiger charge is 2.52. The van der Waals surface area contributed by atoms with Gasteiger partial charge in [0, 0.05) is 5.38 Å². The Morgan fingerprint density at radius 3 is 2.70 bits per heavy atom. The lowest BCUT2D eigenvalue weighted by atomic mass is 9.82. The topological polar surface area (TPSA) is 78.5 Å². The molecule has 2 heterocycles. The Morgan fingerprint density at radius 2 is 2.05 bits per heavy atom. The van der Waals surface area contributed by atoms with Gasteiger partial charge < -0.3 is 5.32 Å². The quantitative estimate of drug-likeness (QED) is 0.814. The number of rotatable bonds is 2. The maximum absolute atomic E-state index is 12.4. The summed E-state index contributed by atoms with van der Waals surface area (Å²) in [4.78, 5) is 36.3. The maximum atomic E-state index is 12.4. The fraction of sp³-hybridized carbons (Fsp3) is 0.462. The number of nitrogens with zero attached hydrogens (tertiary/aromatic N) is 1. The normalized spacial score (nSPS) is 21.1. The number of hydrogen-bond acceptors (Lipinski definition) is 4. The van der Waals surface area contributed by atoms with Gasteiger partial charge in [-0.3, -0.25) is 15.0 Å². The first-order valence-electron chi connectivity index (χ1n) is 6.62. The number of hydrogen-bond donors (Lipinski definition) is 2. The van der Waals surface area contributed by atoms with Crippen LogP contribution in [0.25, 0.3) is 0 Å². The largest absolute Gasteiger partial charge is 0.344 e. The number of nitrogens with one attached hydrogen (secondary N) is 2.